The Hall–Kier alpha value is -0.940. The van der Waals surface area contributed by atoms with Crippen LogP contribution in [-0.2, 0) is 12.5 Å². The van der Waals surface area contributed by atoms with Crippen LogP contribution in [0, 0.1) is 0 Å². The zero-order valence-electron chi connectivity index (χ0n) is 8.01. The van der Waals surface area contributed by atoms with E-state index < -0.39 is 13.0 Å². The second-order valence-electron chi connectivity index (χ2n) is 2.77. The van der Waals surface area contributed by atoms with E-state index in [-0.39, 0.29) is 28.5 Å². The molecular weight excluding hydrogens is 228 g/mol. The van der Waals surface area contributed by atoms with Gasteiger partial charge in [-0.3, -0.25) is 4.98 Å². The second-order valence-corrected chi connectivity index (χ2v) is 3.04. The summed E-state index contributed by atoms with van der Waals surface area (Å²) in [5.74, 6) is -0.0687. The maximum atomic E-state index is 12.7. The number of nitrogens with zero attached hydrogens (tertiary/aromatic N) is 1. The molecule has 1 aromatic rings. The van der Waals surface area contributed by atoms with Crippen LogP contribution < -0.4 is 4.74 Å². The number of aliphatic hydroxyl groups is 1. The molecule has 0 saturated carbocycles. The lowest BCUT2D eigenvalue weighted by molar-refractivity contribution is 0.142. The first-order chi connectivity index (χ1) is 7.15. The summed E-state index contributed by atoms with van der Waals surface area (Å²) in [6.45, 7) is -0.508. The molecular formula is C9H10ClF2NO2. The molecule has 15 heavy (non-hydrogen) atoms. The van der Waals surface area contributed by atoms with Crippen molar-refractivity contribution in [2.75, 3.05) is 7.11 Å². The minimum Gasteiger partial charge on any atom is -0.494 e. The van der Waals surface area contributed by atoms with Crippen LogP contribution in [0.5, 0.6) is 5.75 Å². The first-order valence-electron chi connectivity index (χ1n) is 4.15. The maximum Gasteiger partial charge on any atom is 0.267 e. The van der Waals surface area contributed by atoms with Crippen molar-refractivity contribution in [3.63, 3.8) is 0 Å². The first kappa shape index (κ1) is 12.1. The number of ether oxygens (including phenoxy) is 1. The van der Waals surface area contributed by atoms with Crippen molar-refractivity contribution in [1.29, 1.82) is 0 Å². The van der Waals surface area contributed by atoms with Crippen LogP contribution in [0.3, 0.4) is 0 Å². The molecule has 0 unspecified atom stereocenters. The average Bonchev–Trinajstić information content (AvgIpc) is 2.26. The highest BCUT2D eigenvalue weighted by molar-refractivity contribution is 6.17. The van der Waals surface area contributed by atoms with Gasteiger partial charge in [-0.15, -0.1) is 11.6 Å². The van der Waals surface area contributed by atoms with Crippen molar-refractivity contribution in [1.82, 2.24) is 4.98 Å². The standard InChI is InChI=1S/C9H10ClF2NO2/c1-15-8-6(2-10)13-3-5(4-14)7(8)9(11)12/h3,9,14H,2,4H2,1H3. The molecule has 1 N–H and O–H groups in total. The molecule has 0 radical (unpaired) electrons. The number of hydrogen-bond donors (Lipinski definition) is 1. The molecule has 0 aliphatic rings. The smallest absolute Gasteiger partial charge is 0.267 e. The Labute approximate surface area is 90.7 Å². The number of rotatable bonds is 4. The number of alkyl halides is 3. The third-order valence-corrected chi connectivity index (χ3v) is 2.20. The SMILES string of the molecule is COc1c(CCl)ncc(CO)c1C(F)F. The number of pyridine rings is 1. The highest BCUT2D eigenvalue weighted by atomic mass is 35.5. The quantitative estimate of drug-likeness (QED) is 0.817. The number of halogens is 3. The number of aliphatic hydroxyl groups excluding tert-OH is 1. The second kappa shape index (κ2) is 5.23. The van der Waals surface area contributed by atoms with Crippen molar-refractivity contribution in [3.8, 4) is 5.75 Å². The van der Waals surface area contributed by atoms with Crippen LogP contribution in [0.15, 0.2) is 6.20 Å². The Morgan fingerprint density at radius 3 is 2.67 bits per heavy atom. The number of hydrogen-bond acceptors (Lipinski definition) is 3. The predicted molar refractivity (Wildman–Crippen MR) is 51.2 cm³/mol. The van der Waals surface area contributed by atoms with E-state index in [1.807, 2.05) is 0 Å². The predicted octanol–water partition coefficient (Wildman–Crippen LogP) is 2.26. The Morgan fingerprint density at radius 1 is 1.60 bits per heavy atom. The van der Waals surface area contributed by atoms with Crippen LogP contribution in [0.2, 0.25) is 0 Å². The van der Waals surface area contributed by atoms with Crippen LogP contribution in [0.25, 0.3) is 0 Å². The van der Waals surface area contributed by atoms with Crippen LogP contribution >= 0.6 is 11.6 Å². The van der Waals surface area contributed by atoms with Gasteiger partial charge < -0.3 is 9.84 Å². The van der Waals surface area contributed by atoms with Gasteiger partial charge in [0.15, 0.2) is 5.75 Å². The minimum atomic E-state index is -2.73. The molecule has 0 bridgehead atoms. The lowest BCUT2D eigenvalue weighted by atomic mass is 10.1. The molecule has 0 saturated heterocycles. The Bertz CT molecular complexity index is 347. The highest BCUT2D eigenvalue weighted by Crippen LogP contribution is 2.34. The van der Waals surface area contributed by atoms with Gasteiger partial charge in [-0.1, -0.05) is 0 Å². The lowest BCUT2D eigenvalue weighted by Crippen LogP contribution is -2.04. The van der Waals surface area contributed by atoms with Crippen molar-refractivity contribution < 1.29 is 18.6 Å². The summed E-state index contributed by atoms with van der Waals surface area (Å²) in [6.07, 6.45) is -1.55. The molecule has 84 valence electrons. The van der Waals surface area contributed by atoms with Crippen molar-refractivity contribution in [3.05, 3.63) is 23.0 Å². The van der Waals surface area contributed by atoms with E-state index >= 15 is 0 Å². The van der Waals surface area contributed by atoms with E-state index in [1.165, 1.54) is 13.3 Å². The fourth-order valence-electron chi connectivity index (χ4n) is 1.27. The van der Waals surface area contributed by atoms with Gasteiger partial charge in [-0.25, -0.2) is 8.78 Å². The highest BCUT2D eigenvalue weighted by Gasteiger charge is 2.22. The van der Waals surface area contributed by atoms with Gasteiger partial charge in [0.25, 0.3) is 6.43 Å². The van der Waals surface area contributed by atoms with E-state index in [0.717, 1.165) is 0 Å². The Morgan fingerprint density at radius 2 is 2.27 bits per heavy atom. The summed E-state index contributed by atoms with van der Waals surface area (Å²) >= 11 is 5.53. The van der Waals surface area contributed by atoms with Gasteiger partial charge in [0.1, 0.15) is 0 Å². The summed E-state index contributed by atoms with van der Waals surface area (Å²) in [4.78, 5) is 3.83. The van der Waals surface area contributed by atoms with Crippen LogP contribution in [-0.4, -0.2) is 17.2 Å². The van der Waals surface area contributed by atoms with Gasteiger partial charge in [0.05, 0.1) is 30.9 Å². The molecule has 0 aromatic carbocycles. The summed E-state index contributed by atoms with van der Waals surface area (Å²) < 4.78 is 30.3. The molecule has 0 atom stereocenters. The zero-order chi connectivity index (χ0) is 11.4. The normalized spacial score (nSPS) is 10.8. The molecule has 0 spiro atoms. The third-order valence-electron chi connectivity index (χ3n) is 1.95. The van der Waals surface area contributed by atoms with Crippen LogP contribution in [0.1, 0.15) is 23.2 Å². The average molecular weight is 238 g/mol. The van der Waals surface area contributed by atoms with E-state index in [2.05, 4.69) is 4.98 Å². The van der Waals surface area contributed by atoms with Gasteiger partial charge in [0, 0.05) is 11.8 Å². The first-order valence-corrected chi connectivity index (χ1v) is 4.68. The van der Waals surface area contributed by atoms with Gasteiger partial charge in [0.2, 0.25) is 0 Å². The Balaban J connectivity index is 3.37. The third kappa shape index (κ3) is 2.35. The largest absolute Gasteiger partial charge is 0.494 e. The van der Waals surface area contributed by atoms with Crippen molar-refractivity contribution >= 4 is 11.6 Å². The molecule has 0 amide bonds. The molecule has 0 aliphatic carbocycles. The minimum absolute atomic E-state index is 0.0192. The van der Waals surface area contributed by atoms with E-state index in [9.17, 15) is 8.78 Å². The monoisotopic (exact) mass is 237 g/mol. The Kier molecular flexibility index (Phi) is 4.23. The molecule has 6 heteroatoms. The van der Waals surface area contributed by atoms with E-state index in [1.54, 1.807) is 0 Å². The lowest BCUT2D eigenvalue weighted by Gasteiger charge is -2.14. The topological polar surface area (TPSA) is 42.4 Å². The van der Waals surface area contributed by atoms with Crippen molar-refractivity contribution in [2.24, 2.45) is 0 Å². The number of aromatic nitrogens is 1. The van der Waals surface area contributed by atoms with Gasteiger partial charge in [-0.2, -0.15) is 0 Å². The molecule has 1 aromatic heterocycles. The summed E-state index contributed by atoms with van der Waals surface area (Å²) in [6, 6.07) is 0. The van der Waals surface area contributed by atoms with Crippen LogP contribution in [0.4, 0.5) is 8.78 Å². The fraction of sp³-hybridized carbons (Fsp3) is 0.444. The molecule has 3 nitrogen and oxygen atoms in total. The molecule has 0 fully saturated rings. The summed E-state index contributed by atoms with van der Waals surface area (Å²) in [5, 5.41) is 8.89. The molecule has 0 aliphatic heterocycles. The van der Waals surface area contributed by atoms with E-state index in [0.29, 0.717) is 0 Å². The number of methoxy groups -OCH3 is 1. The maximum absolute atomic E-state index is 12.7. The van der Waals surface area contributed by atoms with E-state index in [4.69, 9.17) is 21.4 Å². The molecule has 1 heterocycles. The fourth-order valence-corrected chi connectivity index (χ4v) is 1.46. The van der Waals surface area contributed by atoms with Gasteiger partial charge in [-0.05, 0) is 0 Å². The van der Waals surface area contributed by atoms with Gasteiger partial charge >= 0.3 is 0 Å². The van der Waals surface area contributed by atoms with Crippen molar-refractivity contribution in [2.45, 2.75) is 18.9 Å². The molecule has 1 rings (SSSR count). The zero-order valence-corrected chi connectivity index (χ0v) is 8.76. The summed E-state index contributed by atoms with van der Waals surface area (Å²) in [5.41, 5.74) is -0.0481. The summed E-state index contributed by atoms with van der Waals surface area (Å²) in [7, 11) is 1.26.